The molecule has 0 saturated carbocycles. The Balaban J connectivity index is 1.59. The van der Waals surface area contributed by atoms with Crippen LogP contribution in [-0.2, 0) is 14.8 Å². The molecule has 2 fully saturated rings. The number of sulfonamides is 1. The van der Waals surface area contributed by atoms with Crippen LogP contribution in [0.15, 0.2) is 47.5 Å². The lowest BCUT2D eigenvalue weighted by Crippen LogP contribution is -2.39. The number of morpholine rings is 1. The van der Waals surface area contributed by atoms with Crippen molar-refractivity contribution in [3.05, 3.63) is 53.7 Å². The standard InChI is InChI=1S/C21H27N3O3S/c1-17-5-8-19(9-6-17)28(25,26)24-11-3-2-4-20(24)18-7-10-21(22-16-18)23-12-14-27-15-13-23/h5-10,16,20H,2-4,11-15H2,1H3. The number of rotatable bonds is 4. The summed E-state index contributed by atoms with van der Waals surface area (Å²) < 4.78 is 33.6. The zero-order chi connectivity index (χ0) is 19.6. The summed E-state index contributed by atoms with van der Waals surface area (Å²) in [6, 6.07) is 11.0. The van der Waals surface area contributed by atoms with Crippen LogP contribution in [0.3, 0.4) is 0 Å². The smallest absolute Gasteiger partial charge is 0.243 e. The van der Waals surface area contributed by atoms with Gasteiger partial charge in [0.25, 0.3) is 0 Å². The van der Waals surface area contributed by atoms with Crippen LogP contribution in [0.5, 0.6) is 0 Å². The van der Waals surface area contributed by atoms with Crippen LogP contribution in [-0.4, -0.2) is 50.6 Å². The molecule has 2 aromatic rings. The zero-order valence-electron chi connectivity index (χ0n) is 16.3. The van der Waals surface area contributed by atoms with E-state index in [0.29, 0.717) is 24.7 Å². The molecule has 1 aromatic heterocycles. The Morgan fingerprint density at radius 1 is 1.00 bits per heavy atom. The Kier molecular flexibility index (Phi) is 5.66. The lowest BCUT2D eigenvalue weighted by molar-refractivity contribution is 0.122. The number of hydrogen-bond acceptors (Lipinski definition) is 5. The van der Waals surface area contributed by atoms with E-state index in [1.807, 2.05) is 37.4 Å². The molecular formula is C21H27N3O3S. The van der Waals surface area contributed by atoms with Gasteiger partial charge in [-0.3, -0.25) is 0 Å². The third-order valence-corrected chi connectivity index (χ3v) is 7.49. The summed E-state index contributed by atoms with van der Waals surface area (Å²) in [4.78, 5) is 7.19. The SMILES string of the molecule is Cc1ccc(S(=O)(=O)N2CCCCC2c2ccc(N3CCOCC3)nc2)cc1. The lowest BCUT2D eigenvalue weighted by atomic mass is 9.99. The summed E-state index contributed by atoms with van der Waals surface area (Å²) >= 11 is 0. The quantitative estimate of drug-likeness (QED) is 0.788. The summed E-state index contributed by atoms with van der Waals surface area (Å²) in [5, 5.41) is 0. The molecule has 0 aliphatic carbocycles. The first-order valence-electron chi connectivity index (χ1n) is 9.93. The van der Waals surface area contributed by atoms with Crippen LogP contribution in [0.25, 0.3) is 0 Å². The summed E-state index contributed by atoms with van der Waals surface area (Å²) in [6.45, 7) is 5.62. The normalized spacial score (nSPS) is 21.6. The third-order valence-electron chi connectivity index (χ3n) is 5.57. The topological polar surface area (TPSA) is 62.7 Å². The second kappa shape index (κ2) is 8.19. The fourth-order valence-corrected chi connectivity index (χ4v) is 5.63. The summed E-state index contributed by atoms with van der Waals surface area (Å²) in [5.41, 5.74) is 2.02. The van der Waals surface area contributed by atoms with E-state index in [-0.39, 0.29) is 6.04 Å². The minimum Gasteiger partial charge on any atom is -0.378 e. The van der Waals surface area contributed by atoms with Gasteiger partial charge >= 0.3 is 0 Å². The molecular weight excluding hydrogens is 374 g/mol. The molecule has 2 aliphatic rings. The number of anilines is 1. The van der Waals surface area contributed by atoms with Gasteiger partial charge in [0.1, 0.15) is 5.82 Å². The van der Waals surface area contributed by atoms with E-state index in [0.717, 1.165) is 49.3 Å². The van der Waals surface area contributed by atoms with Gasteiger partial charge in [0.15, 0.2) is 0 Å². The van der Waals surface area contributed by atoms with Crippen LogP contribution in [0.2, 0.25) is 0 Å². The highest BCUT2D eigenvalue weighted by molar-refractivity contribution is 7.89. The van der Waals surface area contributed by atoms with Crippen LogP contribution >= 0.6 is 0 Å². The minimum atomic E-state index is -3.53. The van der Waals surface area contributed by atoms with Crippen molar-refractivity contribution in [1.29, 1.82) is 0 Å². The molecule has 7 heteroatoms. The maximum absolute atomic E-state index is 13.3. The molecule has 1 aromatic carbocycles. The van der Waals surface area contributed by atoms with Gasteiger partial charge in [-0.15, -0.1) is 0 Å². The second-order valence-corrected chi connectivity index (χ2v) is 9.38. The first-order valence-corrected chi connectivity index (χ1v) is 11.4. The molecule has 6 nitrogen and oxygen atoms in total. The van der Waals surface area contributed by atoms with Gasteiger partial charge in [-0.1, -0.05) is 30.2 Å². The van der Waals surface area contributed by atoms with Gasteiger partial charge in [0.05, 0.1) is 24.2 Å². The van der Waals surface area contributed by atoms with Gasteiger partial charge in [0.2, 0.25) is 10.0 Å². The molecule has 2 aliphatic heterocycles. The molecule has 3 heterocycles. The Morgan fingerprint density at radius 3 is 2.43 bits per heavy atom. The number of benzene rings is 1. The average Bonchev–Trinajstić information content (AvgIpc) is 2.75. The molecule has 4 rings (SSSR count). The Hall–Kier alpha value is -1.96. The van der Waals surface area contributed by atoms with Gasteiger partial charge < -0.3 is 9.64 Å². The van der Waals surface area contributed by atoms with E-state index in [9.17, 15) is 8.42 Å². The molecule has 0 bridgehead atoms. The fourth-order valence-electron chi connectivity index (χ4n) is 3.95. The maximum atomic E-state index is 13.3. The third kappa shape index (κ3) is 3.92. The molecule has 1 unspecified atom stereocenters. The van der Waals surface area contributed by atoms with Crippen LogP contribution in [0.4, 0.5) is 5.82 Å². The highest BCUT2D eigenvalue weighted by atomic mass is 32.2. The van der Waals surface area contributed by atoms with E-state index < -0.39 is 10.0 Å². The van der Waals surface area contributed by atoms with E-state index in [1.54, 1.807) is 16.4 Å². The fraction of sp³-hybridized carbons (Fsp3) is 0.476. The Bertz CT molecular complexity index is 891. The van der Waals surface area contributed by atoms with Crippen LogP contribution in [0.1, 0.15) is 36.4 Å². The van der Waals surface area contributed by atoms with E-state index in [1.165, 1.54) is 0 Å². The number of hydrogen-bond donors (Lipinski definition) is 0. The molecule has 0 N–H and O–H groups in total. The summed E-state index contributed by atoms with van der Waals surface area (Å²) in [7, 11) is -3.53. The number of ether oxygens (including phenoxy) is 1. The van der Waals surface area contributed by atoms with Gasteiger partial charge in [-0.05, 0) is 43.5 Å². The molecule has 2 saturated heterocycles. The van der Waals surface area contributed by atoms with Crippen molar-refractivity contribution in [2.75, 3.05) is 37.7 Å². The van der Waals surface area contributed by atoms with Crippen molar-refractivity contribution < 1.29 is 13.2 Å². The van der Waals surface area contributed by atoms with Gasteiger partial charge in [0, 0.05) is 25.8 Å². The molecule has 0 spiro atoms. The minimum absolute atomic E-state index is 0.161. The van der Waals surface area contributed by atoms with Crippen molar-refractivity contribution in [1.82, 2.24) is 9.29 Å². The average molecular weight is 402 g/mol. The van der Waals surface area contributed by atoms with Gasteiger partial charge in [-0.2, -0.15) is 4.31 Å². The summed E-state index contributed by atoms with van der Waals surface area (Å²) in [5.74, 6) is 0.927. The molecule has 0 radical (unpaired) electrons. The second-order valence-electron chi connectivity index (χ2n) is 7.49. The first kappa shape index (κ1) is 19.4. The number of aryl methyl sites for hydroxylation is 1. The molecule has 28 heavy (non-hydrogen) atoms. The van der Waals surface area contributed by atoms with E-state index >= 15 is 0 Å². The van der Waals surface area contributed by atoms with Crippen molar-refractivity contribution in [2.45, 2.75) is 37.1 Å². The number of pyridine rings is 1. The highest BCUT2D eigenvalue weighted by Crippen LogP contribution is 2.35. The van der Waals surface area contributed by atoms with Gasteiger partial charge in [-0.25, -0.2) is 13.4 Å². The van der Waals surface area contributed by atoms with Crippen molar-refractivity contribution >= 4 is 15.8 Å². The lowest BCUT2D eigenvalue weighted by Gasteiger charge is -2.35. The Morgan fingerprint density at radius 2 is 1.75 bits per heavy atom. The Labute approximate surface area is 167 Å². The summed E-state index contributed by atoms with van der Waals surface area (Å²) in [6.07, 6.45) is 4.58. The zero-order valence-corrected chi connectivity index (χ0v) is 17.1. The van der Waals surface area contributed by atoms with Crippen molar-refractivity contribution in [3.63, 3.8) is 0 Å². The molecule has 1 atom stereocenters. The van der Waals surface area contributed by atoms with Crippen molar-refractivity contribution in [2.24, 2.45) is 0 Å². The van der Waals surface area contributed by atoms with E-state index in [2.05, 4.69) is 9.88 Å². The maximum Gasteiger partial charge on any atom is 0.243 e. The largest absolute Gasteiger partial charge is 0.378 e. The predicted octanol–water partition coefficient (Wildman–Crippen LogP) is 3.14. The highest BCUT2D eigenvalue weighted by Gasteiger charge is 2.34. The van der Waals surface area contributed by atoms with Crippen LogP contribution in [0, 0.1) is 6.92 Å². The monoisotopic (exact) mass is 401 g/mol. The van der Waals surface area contributed by atoms with Crippen LogP contribution < -0.4 is 4.90 Å². The molecule has 150 valence electrons. The number of aromatic nitrogens is 1. The van der Waals surface area contributed by atoms with E-state index in [4.69, 9.17) is 4.74 Å². The van der Waals surface area contributed by atoms with Crippen molar-refractivity contribution in [3.8, 4) is 0 Å². The molecule has 0 amide bonds. The predicted molar refractivity (Wildman–Crippen MR) is 109 cm³/mol. The number of piperidine rings is 1. The first-order chi connectivity index (χ1) is 13.6. The number of nitrogens with zero attached hydrogens (tertiary/aromatic N) is 3.